The summed E-state index contributed by atoms with van der Waals surface area (Å²) in [7, 11) is 0. The molecule has 4 aliphatic rings. The van der Waals surface area contributed by atoms with E-state index in [9.17, 15) is 24.3 Å². The molecule has 8 heteroatoms. The number of aliphatic carboxylic acids is 1. The van der Waals surface area contributed by atoms with E-state index in [1.54, 1.807) is 41.5 Å². The van der Waals surface area contributed by atoms with E-state index in [-0.39, 0.29) is 17.8 Å². The first kappa shape index (κ1) is 23.5. The predicted molar refractivity (Wildman–Crippen MR) is 109 cm³/mol. The molecule has 0 spiro atoms. The fourth-order valence-corrected chi connectivity index (χ4v) is 5.76. The maximum absolute atomic E-state index is 13.2. The maximum Gasteiger partial charge on any atom is 0.359 e. The van der Waals surface area contributed by atoms with Gasteiger partial charge in [-0.15, -0.1) is 0 Å². The van der Waals surface area contributed by atoms with Crippen molar-refractivity contribution in [2.45, 2.75) is 84.5 Å². The van der Waals surface area contributed by atoms with E-state index >= 15 is 0 Å². The highest BCUT2D eigenvalue weighted by Crippen LogP contribution is 2.59. The lowest BCUT2D eigenvalue weighted by molar-refractivity contribution is -0.199. The number of carboxylic acids is 1. The first-order valence-electron chi connectivity index (χ1n) is 11.1. The first-order chi connectivity index (χ1) is 14.2. The van der Waals surface area contributed by atoms with Gasteiger partial charge in [0.15, 0.2) is 0 Å². The molecule has 1 N–H and O–H groups in total. The highest BCUT2D eigenvalue weighted by molar-refractivity contribution is 6.00. The Balaban J connectivity index is 1.81. The molecule has 0 aliphatic heterocycles. The van der Waals surface area contributed by atoms with E-state index in [1.165, 1.54) is 0 Å². The van der Waals surface area contributed by atoms with E-state index in [4.69, 9.17) is 14.2 Å². The third-order valence-corrected chi connectivity index (χ3v) is 6.45. The van der Waals surface area contributed by atoms with Crippen LogP contribution in [0.25, 0.3) is 0 Å². The summed E-state index contributed by atoms with van der Waals surface area (Å²) in [6.07, 6.45) is 1.22. The molecule has 0 aromatic carbocycles. The summed E-state index contributed by atoms with van der Waals surface area (Å²) in [5.74, 6) is -4.61. The molecule has 4 rings (SSSR count). The molecule has 0 aromatic heterocycles. The van der Waals surface area contributed by atoms with Crippen molar-refractivity contribution in [1.82, 2.24) is 0 Å². The maximum atomic E-state index is 13.2. The van der Waals surface area contributed by atoms with Crippen molar-refractivity contribution in [3.05, 3.63) is 0 Å². The largest absolute Gasteiger partial charge is 0.481 e. The van der Waals surface area contributed by atoms with Crippen LogP contribution in [0.4, 0.5) is 0 Å². The summed E-state index contributed by atoms with van der Waals surface area (Å²) in [6.45, 7) is 9.88. The second-order valence-corrected chi connectivity index (χ2v) is 11.3. The molecule has 0 saturated heterocycles. The van der Waals surface area contributed by atoms with Crippen molar-refractivity contribution >= 4 is 23.9 Å². The molecule has 6 unspecified atom stereocenters. The van der Waals surface area contributed by atoms with Crippen LogP contribution < -0.4 is 0 Å². The zero-order valence-electron chi connectivity index (χ0n) is 19.2. The molecular formula is C23H34O8. The molecule has 8 nitrogen and oxygen atoms in total. The van der Waals surface area contributed by atoms with Gasteiger partial charge in [0.05, 0.1) is 11.8 Å². The summed E-state index contributed by atoms with van der Waals surface area (Å²) in [6, 6.07) is 0. The van der Waals surface area contributed by atoms with Gasteiger partial charge < -0.3 is 19.3 Å². The van der Waals surface area contributed by atoms with Crippen molar-refractivity contribution in [3.8, 4) is 0 Å². The summed E-state index contributed by atoms with van der Waals surface area (Å²) in [5.41, 5.74) is -1.78. The van der Waals surface area contributed by atoms with Gasteiger partial charge in [0.2, 0.25) is 0 Å². The fourth-order valence-electron chi connectivity index (χ4n) is 5.76. The molecule has 174 valence electrons. The molecular weight excluding hydrogens is 404 g/mol. The van der Waals surface area contributed by atoms with Crippen LogP contribution in [-0.2, 0) is 33.4 Å². The zero-order chi connectivity index (χ0) is 23.3. The minimum absolute atomic E-state index is 0.0172. The number of rotatable bonds is 5. The van der Waals surface area contributed by atoms with Gasteiger partial charge in [-0.05, 0) is 90.9 Å². The average Bonchev–Trinajstić information content (AvgIpc) is 2.55. The van der Waals surface area contributed by atoms with Crippen molar-refractivity contribution in [2.24, 2.45) is 35.5 Å². The van der Waals surface area contributed by atoms with Gasteiger partial charge in [0, 0.05) is 0 Å². The fraction of sp³-hybridized carbons (Fsp3) is 0.826. The molecule has 0 heterocycles. The minimum Gasteiger partial charge on any atom is -0.481 e. The van der Waals surface area contributed by atoms with Gasteiger partial charge in [0.25, 0.3) is 6.10 Å². The quantitative estimate of drug-likeness (QED) is 0.396. The zero-order valence-corrected chi connectivity index (χ0v) is 19.2. The van der Waals surface area contributed by atoms with Crippen LogP contribution in [0.2, 0.25) is 0 Å². The number of hydrogen-bond acceptors (Lipinski definition) is 7. The minimum atomic E-state index is -1.84. The summed E-state index contributed by atoms with van der Waals surface area (Å²) < 4.78 is 16.0. The highest BCUT2D eigenvalue weighted by Gasteiger charge is 2.59. The van der Waals surface area contributed by atoms with Crippen LogP contribution in [0.15, 0.2) is 0 Å². The Morgan fingerprint density at radius 1 is 0.774 bits per heavy atom. The van der Waals surface area contributed by atoms with Crippen LogP contribution in [-0.4, -0.2) is 46.3 Å². The lowest BCUT2D eigenvalue weighted by atomic mass is 9.48. The second kappa shape index (κ2) is 8.10. The monoisotopic (exact) mass is 438 g/mol. The number of esters is 3. The Kier molecular flexibility index (Phi) is 6.15. The smallest absolute Gasteiger partial charge is 0.359 e. The molecule has 4 bridgehead atoms. The molecule has 4 saturated carbocycles. The van der Waals surface area contributed by atoms with Crippen LogP contribution in [0.3, 0.4) is 0 Å². The molecule has 6 atom stereocenters. The molecule has 31 heavy (non-hydrogen) atoms. The van der Waals surface area contributed by atoms with E-state index in [1.807, 2.05) is 0 Å². The van der Waals surface area contributed by atoms with Crippen molar-refractivity contribution in [1.29, 1.82) is 0 Å². The Hall–Kier alpha value is -2.12. The van der Waals surface area contributed by atoms with Crippen LogP contribution >= 0.6 is 0 Å². The Morgan fingerprint density at radius 2 is 1.26 bits per heavy atom. The molecule has 4 aliphatic carbocycles. The lowest BCUT2D eigenvalue weighted by Gasteiger charge is -2.56. The second-order valence-electron chi connectivity index (χ2n) is 11.3. The van der Waals surface area contributed by atoms with Crippen LogP contribution in [0.1, 0.15) is 67.2 Å². The van der Waals surface area contributed by atoms with E-state index in [0.717, 1.165) is 12.8 Å². The standard InChI is InChI=1S/C23H34O8/c1-22(2,3)30-20(27)17(21(28)31-23(4,5)6)29-19(26)16-13-8-11-7-12(10-13)15(18(24)25)14(16)9-11/h11-17H,7-10H2,1-6H3,(H,24,25). The number of ether oxygens (including phenoxy) is 3. The number of carboxylic acid groups (broad SMARTS) is 1. The first-order valence-corrected chi connectivity index (χ1v) is 11.1. The summed E-state index contributed by atoms with van der Waals surface area (Å²) >= 11 is 0. The Labute approximate surface area is 183 Å². The van der Waals surface area contributed by atoms with Gasteiger partial charge >= 0.3 is 23.9 Å². The summed E-state index contributed by atoms with van der Waals surface area (Å²) in [5, 5.41) is 9.76. The van der Waals surface area contributed by atoms with E-state index < -0.39 is 53.0 Å². The van der Waals surface area contributed by atoms with Gasteiger partial charge in [-0.1, -0.05) is 0 Å². The van der Waals surface area contributed by atoms with Gasteiger partial charge in [-0.25, -0.2) is 9.59 Å². The Bertz CT molecular complexity index is 731. The van der Waals surface area contributed by atoms with Gasteiger partial charge in [-0.2, -0.15) is 0 Å². The molecule has 0 aromatic rings. The average molecular weight is 439 g/mol. The molecule has 4 fully saturated rings. The number of carbonyl (C=O) groups excluding carboxylic acids is 3. The van der Waals surface area contributed by atoms with Crippen molar-refractivity contribution in [2.75, 3.05) is 0 Å². The lowest BCUT2D eigenvalue weighted by Crippen LogP contribution is -2.56. The van der Waals surface area contributed by atoms with Gasteiger partial charge in [-0.3, -0.25) is 9.59 Å². The highest BCUT2D eigenvalue weighted by atomic mass is 16.6. The topological polar surface area (TPSA) is 116 Å². The SMILES string of the molecule is CC(C)(C)OC(=O)C(OC(=O)C1C2CC3CC(C2)C(C(=O)O)C1C3)C(=O)OC(C)(C)C. The number of hydrogen-bond donors (Lipinski definition) is 1. The third kappa shape index (κ3) is 5.21. The summed E-state index contributed by atoms with van der Waals surface area (Å²) in [4.78, 5) is 50.5. The van der Waals surface area contributed by atoms with Crippen molar-refractivity contribution in [3.63, 3.8) is 0 Å². The van der Waals surface area contributed by atoms with Crippen LogP contribution in [0, 0.1) is 35.5 Å². The molecule has 0 radical (unpaired) electrons. The van der Waals surface area contributed by atoms with E-state index in [2.05, 4.69) is 0 Å². The number of carbonyl (C=O) groups is 4. The van der Waals surface area contributed by atoms with E-state index in [0.29, 0.717) is 18.8 Å². The van der Waals surface area contributed by atoms with Crippen LogP contribution in [0.5, 0.6) is 0 Å². The predicted octanol–water partition coefficient (Wildman–Crippen LogP) is 2.96. The van der Waals surface area contributed by atoms with Gasteiger partial charge in [0.1, 0.15) is 11.2 Å². The third-order valence-electron chi connectivity index (χ3n) is 6.45. The Morgan fingerprint density at radius 3 is 1.71 bits per heavy atom. The molecule has 0 amide bonds. The van der Waals surface area contributed by atoms with Crippen molar-refractivity contribution < 1.29 is 38.5 Å². The normalized spacial score (nSPS) is 32.0.